The Bertz CT molecular complexity index is 282. The van der Waals surface area contributed by atoms with Gasteiger partial charge < -0.3 is 11.1 Å². The molecule has 0 radical (unpaired) electrons. The number of hydrogen-bond donors (Lipinski definition) is 2. The molecule has 0 aliphatic heterocycles. The first-order valence-electron chi connectivity index (χ1n) is 4.66. The van der Waals surface area contributed by atoms with Crippen molar-refractivity contribution in [2.24, 2.45) is 5.73 Å². The van der Waals surface area contributed by atoms with Gasteiger partial charge in [-0.05, 0) is 6.42 Å². The van der Waals surface area contributed by atoms with Crippen LogP contribution in [-0.4, -0.2) is 17.4 Å². The standard InChI is InChI=1S/C9H15N3OS.2ClH/c1-2-7(9-11-5-6-14-9)12-8(13)3-4-10;;/h5-7H,2-4,10H2,1H3,(H,12,13);2*1H. The zero-order valence-electron chi connectivity index (χ0n) is 9.01. The van der Waals surface area contributed by atoms with Crippen molar-refractivity contribution >= 4 is 42.1 Å². The highest BCUT2D eigenvalue weighted by molar-refractivity contribution is 7.09. The van der Waals surface area contributed by atoms with Crippen LogP contribution >= 0.6 is 36.2 Å². The van der Waals surface area contributed by atoms with Gasteiger partial charge in [-0.15, -0.1) is 36.2 Å². The Morgan fingerprint density at radius 3 is 2.75 bits per heavy atom. The maximum absolute atomic E-state index is 11.3. The van der Waals surface area contributed by atoms with E-state index in [-0.39, 0.29) is 36.8 Å². The smallest absolute Gasteiger partial charge is 0.221 e. The molecule has 3 N–H and O–H groups in total. The molecule has 7 heteroatoms. The lowest BCUT2D eigenvalue weighted by Gasteiger charge is -2.13. The number of carbonyl (C=O) groups is 1. The maximum Gasteiger partial charge on any atom is 0.221 e. The molecule has 1 aromatic heterocycles. The second-order valence-corrected chi connectivity index (χ2v) is 3.86. The van der Waals surface area contributed by atoms with Gasteiger partial charge in [-0.25, -0.2) is 4.98 Å². The monoisotopic (exact) mass is 285 g/mol. The van der Waals surface area contributed by atoms with Crippen LogP contribution < -0.4 is 11.1 Å². The Hall–Kier alpha value is -0.360. The summed E-state index contributed by atoms with van der Waals surface area (Å²) in [5.41, 5.74) is 5.29. The molecule has 4 nitrogen and oxygen atoms in total. The van der Waals surface area contributed by atoms with Crippen molar-refractivity contribution in [2.75, 3.05) is 6.54 Å². The van der Waals surface area contributed by atoms with Crippen molar-refractivity contribution in [3.8, 4) is 0 Å². The van der Waals surface area contributed by atoms with Crippen LogP contribution in [0.2, 0.25) is 0 Å². The summed E-state index contributed by atoms with van der Waals surface area (Å²) in [6.07, 6.45) is 2.98. The highest BCUT2D eigenvalue weighted by Gasteiger charge is 2.13. The first-order valence-corrected chi connectivity index (χ1v) is 5.54. The van der Waals surface area contributed by atoms with Crippen LogP contribution in [0.1, 0.15) is 30.8 Å². The lowest BCUT2D eigenvalue weighted by molar-refractivity contribution is -0.121. The number of nitrogens with zero attached hydrogens (tertiary/aromatic N) is 1. The van der Waals surface area contributed by atoms with Gasteiger partial charge in [0, 0.05) is 24.5 Å². The van der Waals surface area contributed by atoms with Crippen LogP contribution in [0.15, 0.2) is 11.6 Å². The van der Waals surface area contributed by atoms with Crippen molar-refractivity contribution in [1.29, 1.82) is 0 Å². The highest BCUT2D eigenvalue weighted by Crippen LogP contribution is 2.18. The fourth-order valence-corrected chi connectivity index (χ4v) is 1.92. The number of nitrogens with two attached hydrogens (primary N) is 1. The molecule has 1 heterocycles. The minimum Gasteiger partial charge on any atom is -0.347 e. The van der Waals surface area contributed by atoms with Crippen molar-refractivity contribution in [3.63, 3.8) is 0 Å². The van der Waals surface area contributed by atoms with Crippen molar-refractivity contribution in [2.45, 2.75) is 25.8 Å². The van der Waals surface area contributed by atoms with Crippen LogP contribution in [0, 0.1) is 0 Å². The molecule has 1 amide bonds. The third kappa shape index (κ3) is 5.65. The quantitative estimate of drug-likeness (QED) is 0.868. The zero-order chi connectivity index (χ0) is 10.4. The number of rotatable bonds is 5. The fraction of sp³-hybridized carbons (Fsp3) is 0.556. The molecule has 0 saturated carbocycles. The van der Waals surface area contributed by atoms with E-state index in [9.17, 15) is 4.79 Å². The topological polar surface area (TPSA) is 68.0 Å². The molecule has 1 aromatic rings. The average molecular weight is 286 g/mol. The summed E-state index contributed by atoms with van der Waals surface area (Å²) in [4.78, 5) is 15.5. The second-order valence-electron chi connectivity index (χ2n) is 2.94. The Morgan fingerprint density at radius 1 is 1.62 bits per heavy atom. The molecule has 0 fully saturated rings. The predicted molar refractivity (Wildman–Crippen MR) is 71.5 cm³/mol. The van der Waals surface area contributed by atoms with Gasteiger partial charge in [0.05, 0.1) is 6.04 Å². The van der Waals surface area contributed by atoms with Gasteiger partial charge in [-0.3, -0.25) is 4.79 Å². The molecule has 16 heavy (non-hydrogen) atoms. The number of aromatic nitrogens is 1. The molecule has 0 aliphatic carbocycles. The predicted octanol–water partition coefficient (Wildman–Crippen LogP) is 1.90. The number of carbonyl (C=O) groups excluding carboxylic acids is 1. The van der Waals surface area contributed by atoms with Crippen LogP contribution in [0.3, 0.4) is 0 Å². The summed E-state index contributed by atoms with van der Waals surface area (Å²) < 4.78 is 0. The van der Waals surface area contributed by atoms with Crippen LogP contribution in [0.5, 0.6) is 0 Å². The largest absolute Gasteiger partial charge is 0.347 e. The van der Waals surface area contributed by atoms with E-state index in [0.717, 1.165) is 11.4 Å². The first kappa shape index (κ1) is 18.0. The molecule has 1 unspecified atom stereocenters. The van der Waals surface area contributed by atoms with E-state index in [1.54, 1.807) is 17.5 Å². The first-order chi connectivity index (χ1) is 6.77. The minimum atomic E-state index is -0.00505. The average Bonchev–Trinajstić information content (AvgIpc) is 2.67. The van der Waals surface area contributed by atoms with Gasteiger partial charge in [0.2, 0.25) is 5.91 Å². The van der Waals surface area contributed by atoms with Gasteiger partial charge in [-0.2, -0.15) is 0 Å². The van der Waals surface area contributed by atoms with Gasteiger partial charge in [0.1, 0.15) is 5.01 Å². The maximum atomic E-state index is 11.3. The van der Waals surface area contributed by atoms with Crippen LogP contribution in [0.25, 0.3) is 0 Å². The van der Waals surface area contributed by atoms with E-state index in [2.05, 4.69) is 10.3 Å². The molecule has 0 spiro atoms. The number of nitrogens with one attached hydrogen (secondary N) is 1. The molecule has 0 bridgehead atoms. The van der Waals surface area contributed by atoms with E-state index >= 15 is 0 Å². The summed E-state index contributed by atoms with van der Waals surface area (Å²) in [6.45, 7) is 2.41. The molecule has 1 atom stereocenters. The van der Waals surface area contributed by atoms with E-state index in [0.29, 0.717) is 13.0 Å². The Balaban J connectivity index is 0. The number of hydrogen-bond acceptors (Lipinski definition) is 4. The summed E-state index contributed by atoms with van der Waals surface area (Å²) in [6, 6.07) is 0.0362. The molecule has 0 saturated heterocycles. The van der Waals surface area contributed by atoms with Crippen molar-refractivity contribution in [3.05, 3.63) is 16.6 Å². The third-order valence-corrected chi connectivity index (χ3v) is 2.75. The summed E-state index contributed by atoms with van der Waals surface area (Å²) in [7, 11) is 0. The van der Waals surface area contributed by atoms with Crippen LogP contribution in [-0.2, 0) is 4.79 Å². The van der Waals surface area contributed by atoms with E-state index < -0.39 is 0 Å². The SMILES string of the molecule is CCC(NC(=O)CCN)c1nccs1.Cl.Cl. The number of thiazole rings is 1. The summed E-state index contributed by atoms with van der Waals surface area (Å²) in [5.74, 6) is -0.00505. The second kappa shape index (κ2) is 9.84. The summed E-state index contributed by atoms with van der Waals surface area (Å²) >= 11 is 1.56. The zero-order valence-corrected chi connectivity index (χ0v) is 11.5. The highest BCUT2D eigenvalue weighted by atomic mass is 35.5. The van der Waals surface area contributed by atoms with E-state index in [4.69, 9.17) is 5.73 Å². The van der Waals surface area contributed by atoms with E-state index in [1.165, 1.54) is 0 Å². The minimum absolute atomic E-state index is 0. The van der Waals surface area contributed by atoms with Gasteiger partial charge >= 0.3 is 0 Å². The molecule has 1 rings (SSSR count). The number of amides is 1. The summed E-state index contributed by atoms with van der Waals surface area (Å²) in [5, 5.41) is 5.77. The fourth-order valence-electron chi connectivity index (χ4n) is 1.14. The molecular formula is C9H17Cl2N3OS. The van der Waals surface area contributed by atoms with Crippen LogP contribution in [0.4, 0.5) is 0 Å². The number of halogens is 2. The molecule has 0 aliphatic rings. The lowest BCUT2D eigenvalue weighted by Crippen LogP contribution is -2.29. The molecule has 94 valence electrons. The lowest BCUT2D eigenvalue weighted by atomic mass is 10.2. The van der Waals surface area contributed by atoms with Crippen molar-refractivity contribution < 1.29 is 4.79 Å². The van der Waals surface area contributed by atoms with Gasteiger partial charge in [-0.1, -0.05) is 6.92 Å². The Morgan fingerprint density at radius 2 is 2.31 bits per heavy atom. The van der Waals surface area contributed by atoms with E-state index in [1.807, 2.05) is 12.3 Å². The molecule has 0 aromatic carbocycles. The molecular weight excluding hydrogens is 269 g/mol. The normalized spacial score (nSPS) is 10.9. The van der Waals surface area contributed by atoms with Gasteiger partial charge in [0.15, 0.2) is 0 Å². The van der Waals surface area contributed by atoms with Gasteiger partial charge in [0.25, 0.3) is 0 Å². The Labute approximate surface area is 112 Å². The van der Waals surface area contributed by atoms with Crippen molar-refractivity contribution in [1.82, 2.24) is 10.3 Å². The third-order valence-electron chi connectivity index (χ3n) is 1.86. The Kier molecular flexibility index (Phi) is 11.1.